The van der Waals surface area contributed by atoms with E-state index in [1.54, 1.807) is 0 Å². The minimum absolute atomic E-state index is 0.0860. The Labute approximate surface area is 173 Å². The van der Waals surface area contributed by atoms with Gasteiger partial charge < -0.3 is 20.1 Å². The molecule has 2 N–H and O–H groups in total. The maximum absolute atomic E-state index is 13.4. The number of allylic oxidation sites excluding steroid dienone is 1. The Balaban J connectivity index is 1.27. The summed E-state index contributed by atoms with van der Waals surface area (Å²) in [5, 5.41) is 13.5. The fourth-order valence-corrected chi connectivity index (χ4v) is 3.74. The van der Waals surface area contributed by atoms with Crippen molar-refractivity contribution >= 4 is 17.3 Å². The molecule has 0 saturated carbocycles. The van der Waals surface area contributed by atoms with Crippen molar-refractivity contribution in [2.45, 2.75) is 12.5 Å². The number of carbonyl (C=O) groups is 1. The highest BCUT2D eigenvalue weighted by molar-refractivity contribution is 5.95. The molecule has 0 bridgehead atoms. The summed E-state index contributed by atoms with van der Waals surface area (Å²) in [6, 6.07) is 9.10. The maximum Gasteiger partial charge on any atom is 0.241 e. The molecule has 2 aromatic rings. The van der Waals surface area contributed by atoms with Gasteiger partial charge in [-0.2, -0.15) is 0 Å². The van der Waals surface area contributed by atoms with E-state index < -0.39 is 17.7 Å². The molecule has 0 aromatic heterocycles. The van der Waals surface area contributed by atoms with Crippen molar-refractivity contribution in [3.8, 4) is 5.75 Å². The maximum atomic E-state index is 13.4. The summed E-state index contributed by atoms with van der Waals surface area (Å²) in [5.74, 6) is -1.49. The van der Waals surface area contributed by atoms with Crippen molar-refractivity contribution in [3.05, 3.63) is 65.9 Å². The highest BCUT2D eigenvalue weighted by Crippen LogP contribution is 2.30. The van der Waals surface area contributed by atoms with E-state index in [9.17, 15) is 18.7 Å². The van der Waals surface area contributed by atoms with Crippen molar-refractivity contribution in [2.75, 3.05) is 43.0 Å². The largest absolute Gasteiger partial charge is 0.491 e. The monoisotopic (exact) mass is 415 g/mol. The van der Waals surface area contributed by atoms with Crippen LogP contribution in [0.2, 0.25) is 0 Å². The summed E-state index contributed by atoms with van der Waals surface area (Å²) >= 11 is 0. The van der Waals surface area contributed by atoms with E-state index >= 15 is 0 Å². The van der Waals surface area contributed by atoms with Crippen molar-refractivity contribution in [1.29, 1.82) is 0 Å². The first-order chi connectivity index (χ1) is 14.4. The number of anilines is 2. The summed E-state index contributed by atoms with van der Waals surface area (Å²) in [7, 11) is 0. The van der Waals surface area contributed by atoms with Crippen LogP contribution in [0.15, 0.2) is 48.7 Å². The average Bonchev–Trinajstić information content (AvgIpc) is 3.08. The van der Waals surface area contributed by atoms with Crippen LogP contribution < -0.4 is 15.0 Å². The number of carbonyl (C=O) groups excluding carboxylic acids is 1. The Morgan fingerprint density at radius 3 is 2.77 bits per heavy atom. The molecular weight excluding hydrogens is 392 g/mol. The molecule has 158 valence electrons. The number of β-amino-alcohol motifs (C(OH)–C–C–N with tert-alkyl or cyclic N) is 1. The highest BCUT2D eigenvalue weighted by atomic mass is 19.2. The Morgan fingerprint density at radius 2 is 2.00 bits per heavy atom. The van der Waals surface area contributed by atoms with Gasteiger partial charge in [0.25, 0.3) is 0 Å². The van der Waals surface area contributed by atoms with Gasteiger partial charge in [0.05, 0.1) is 6.54 Å². The number of benzene rings is 2. The number of hydrogen-bond acceptors (Lipinski definition) is 5. The van der Waals surface area contributed by atoms with Crippen LogP contribution in [0.3, 0.4) is 0 Å². The first kappa shape index (κ1) is 20.3. The lowest BCUT2D eigenvalue weighted by Crippen LogP contribution is -2.52. The Bertz CT molecular complexity index is 982. The normalized spacial score (nSPS) is 17.6. The second-order valence-electron chi connectivity index (χ2n) is 7.57. The second-order valence-corrected chi connectivity index (χ2v) is 7.57. The third-order valence-electron chi connectivity index (χ3n) is 5.22. The molecule has 1 amide bonds. The molecule has 6 nitrogen and oxygen atoms in total. The molecule has 1 atom stereocenters. The van der Waals surface area contributed by atoms with Gasteiger partial charge in [0.15, 0.2) is 11.6 Å². The van der Waals surface area contributed by atoms with Crippen LogP contribution in [0.1, 0.15) is 5.56 Å². The lowest BCUT2D eigenvalue weighted by atomic mass is 10.1. The topological polar surface area (TPSA) is 65.0 Å². The van der Waals surface area contributed by atoms with Crippen molar-refractivity contribution in [1.82, 2.24) is 4.90 Å². The Kier molecular flexibility index (Phi) is 5.69. The van der Waals surface area contributed by atoms with Crippen molar-refractivity contribution < 1.29 is 23.4 Å². The van der Waals surface area contributed by atoms with Crippen molar-refractivity contribution in [3.63, 3.8) is 0 Å². The Morgan fingerprint density at radius 1 is 1.17 bits per heavy atom. The van der Waals surface area contributed by atoms with E-state index in [1.807, 2.05) is 23.1 Å². The molecule has 4 rings (SSSR count). The number of hydrogen-bond donors (Lipinski definition) is 2. The van der Waals surface area contributed by atoms with E-state index in [0.717, 1.165) is 35.5 Å². The zero-order valence-electron chi connectivity index (χ0n) is 16.4. The molecule has 1 fully saturated rings. The van der Waals surface area contributed by atoms with Crippen LogP contribution in [0.25, 0.3) is 0 Å². The number of fused-ring (bicyclic) bond motifs is 1. The van der Waals surface area contributed by atoms with E-state index in [2.05, 4.69) is 11.9 Å². The van der Waals surface area contributed by atoms with Gasteiger partial charge in [0, 0.05) is 49.2 Å². The lowest BCUT2D eigenvalue weighted by molar-refractivity contribution is -0.121. The molecule has 0 unspecified atom stereocenters. The first-order valence-electron chi connectivity index (χ1n) is 9.75. The van der Waals surface area contributed by atoms with Gasteiger partial charge in [-0.05, 0) is 35.9 Å². The minimum Gasteiger partial charge on any atom is -0.491 e. The Hall–Kier alpha value is -2.97. The van der Waals surface area contributed by atoms with Crippen LogP contribution in [-0.4, -0.2) is 54.8 Å². The number of rotatable bonds is 6. The smallest absolute Gasteiger partial charge is 0.241 e. The van der Waals surface area contributed by atoms with Crippen LogP contribution in [-0.2, 0) is 11.2 Å². The molecule has 2 aromatic carbocycles. The predicted molar refractivity (Wildman–Crippen MR) is 110 cm³/mol. The van der Waals surface area contributed by atoms with E-state index in [0.29, 0.717) is 24.5 Å². The summed E-state index contributed by atoms with van der Waals surface area (Å²) in [4.78, 5) is 15.7. The van der Waals surface area contributed by atoms with Gasteiger partial charge in [0.1, 0.15) is 18.5 Å². The third-order valence-corrected chi connectivity index (χ3v) is 5.22. The quantitative estimate of drug-likeness (QED) is 0.759. The minimum atomic E-state index is -0.984. The molecule has 0 radical (unpaired) electrons. The predicted octanol–water partition coefficient (Wildman–Crippen LogP) is 2.54. The van der Waals surface area contributed by atoms with Crippen LogP contribution in [0.5, 0.6) is 5.75 Å². The van der Waals surface area contributed by atoms with Crippen LogP contribution in [0, 0.1) is 11.6 Å². The molecule has 2 aliphatic rings. The molecule has 1 saturated heterocycles. The number of aliphatic hydroxyl groups is 1. The zero-order chi connectivity index (χ0) is 21.3. The number of nitrogens with zero attached hydrogens (tertiary/aromatic N) is 2. The number of piperazine rings is 1. The number of ether oxygens (including phenoxy) is 1. The molecule has 2 aliphatic heterocycles. The zero-order valence-corrected chi connectivity index (χ0v) is 16.4. The van der Waals surface area contributed by atoms with E-state index in [-0.39, 0.29) is 25.6 Å². The number of aliphatic hydroxyl groups excluding tert-OH is 1. The van der Waals surface area contributed by atoms with Crippen molar-refractivity contribution in [2.24, 2.45) is 0 Å². The first-order valence-corrected chi connectivity index (χ1v) is 9.75. The number of halogens is 2. The highest BCUT2D eigenvalue weighted by Gasteiger charge is 2.27. The van der Waals surface area contributed by atoms with E-state index in [4.69, 9.17) is 4.74 Å². The number of amides is 1. The van der Waals surface area contributed by atoms with E-state index in [1.165, 1.54) is 11.0 Å². The molecular formula is C22H23F2N3O3. The van der Waals surface area contributed by atoms with Gasteiger partial charge >= 0.3 is 0 Å². The van der Waals surface area contributed by atoms with Gasteiger partial charge in [-0.3, -0.25) is 9.69 Å². The molecule has 2 heterocycles. The fraction of sp³-hybridized carbons (Fsp3) is 0.318. The molecule has 0 spiro atoms. The van der Waals surface area contributed by atoms with Crippen LogP contribution >= 0.6 is 0 Å². The van der Waals surface area contributed by atoms with Crippen LogP contribution in [0.4, 0.5) is 20.2 Å². The summed E-state index contributed by atoms with van der Waals surface area (Å²) in [5.41, 5.74) is 3.39. The van der Waals surface area contributed by atoms with Gasteiger partial charge in [-0.15, -0.1) is 0 Å². The molecule has 30 heavy (non-hydrogen) atoms. The molecule has 8 heteroatoms. The summed E-state index contributed by atoms with van der Waals surface area (Å²) < 4.78 is 32.3. The SMILES string of the molecule is C=C1Cc2cc(OC[C@@H](O)CN3CCN(c4ccc(F)c(F)c4)C(=O)C3)ccc2N1. The standard InChI is InChI=1S/C22H23F2N3O3/c1-14-8-15-9-18(3-5-21(15)25-14)30-13-17(28)11-26-6-7-27(22(29)12-26)16-2-4-19(23)20(24)10-16/h2-5,9-10,17,25,28H,1,6-8,11-13H2/t17-/m0/s1. The molecule has 0 aliphatic carbocycles. The van der Waals surface area contributed by atoms with Gasteiger partial charge in [0.2, 0.25) is 5.91 Å². The lowest BCUT2D eigenvalue weighted by Gasteiger charge is -2.35. The van der Waals surface area contributed by atoms with Gasteiger partial charge in [-0.25, -0.2) is 8.78 Å². The average molecular weight is 415 g/mol. The second kappa shape index (κ2) is 8.41. The van der Waals surface area contributed by atoms with Gasteiger partial charge in [-0.1, -0.05) is 6.58 Å². The number of nitrogens with one attached hydrogen (secondary N) is 1. The third kappa shape index (κ3) is 4.44. The fourth-order valence-electron chi connectivity index (χ4n) is 3.74. The summed E-state index contributed by atoms with van der Waals surface area (Å²) in [6.45, 7) is 5.22. The summed E-state index contributed by atoms with van der Waals surface area (Å²) in [6.07, 6.45) is -0.0200.